The maximum absolute atomic E-state index is 4.62. The van der Waals surface area contributed by atoms with E-state index in [-0.39, 0.29) is 24.0 Å². The van der Waals surface area contributed by atoms with Gasteiger partial charge in [-0.1, -0.05) is 12.1 Å². The molecule has 138 valence electrons. The van der Waals surface area contributed by atoms with E-state index in [0.717, 1.165) is 29.8 Å². The summed E-state index contributed by atoms with van der Waals surface area (Å²) in [5.74, 6) is 2.47. The molecule has 0 unspecified atom stereocenters. The van der Waals surface area contributed by atoms with Crippen molar-refractivity contribution in [2.75, 3.05) is 0 Å². The van der Waals surface area contributed by atoms with Crippen molar-refractivity contribution < 1.29 is 0 Å². The quantitative estimate of drug-likeness (QED) is 0.320. The lowest BCUT2D eigenvalue weighted by Gasteiger charge is -2.12. The van der Waals surface area contributed by atoms with E-state index in [4.69, 9.17) is 0 Å². The first kappa shape index (κ1) is 20.3. The number of pyridine rings is 1. The molecule has 0 aliphatic heterocycles. The number of halogens is 1. The molecule has 9 heteroatoms. The number of thiophene rings is 1. The van der Waals surface area contributed by atoms with Crippen molar-refractivity contribution in [2.45, 2.75) is 26.6 Å². The van der Waals surface area contributed by atoms with Crippen LogP contribution >= 0.6 is 35.3 Å². The highest BCUT2D eigenvalue weighted by Crippen LogP contribution is 2.07. The predicted octanol–water partition coefficient (Wildman–Crippen LogP) is 2.63. The molecule has 0 amide bonds. The molecule has 0 aliphatic rings. The van der Waals surface area contributed by atoms with Crippen molar-refractivity contribution >= 4 is 41.3 Å². The number of nitrogens with one attached hydrogen (secondary N) is 2. The maximum Gasteiger partial charge on any atom is 0.192 e. The van der Waals surface area contributed by atoms with Crippen LogP contribution < -0.4 is 10.6 Å². The SMILES string of the molecule is Cc1nnc(CNC(=NCc2ccccn2)NCc2cccs2)n1C.I. The molecule has 3 aromatic rings. The molecule has 2 N–H and O–H groups in total. The number of aryl methyl sites for hydroxylation is 1. The molecule has 26 heavy (non-hydrogen) atoms. The molecule has 0 radical (unpaired) electrons. The summed E-state index contributed by atoms with van der Waals surface area (Å²) in [6, 6.07) is 9.97. The van der Waals surface area contributed by atoms with E-state index >= 15 is 0 Å². The van der Waals surface area contributed by atoms with Gasteiger partial charge >= 0.3 is 0 Å². The van der Waals surface area contributed by atoms with Crippen molar-refractivity contribution in [2.24, 2.45) is 12.0 Å². The summed E-state index contributed by atoms with van der Waals surface area (Å²) in [5, 5.41) is 17.0. The second-order valence-electron chi connectivity index (χ2n) is 5.49. The van der Waals surface area contributed by atoms with Crippen LogP contribution in [-0.2, 0) is 26.7 Å². The van der Waals surface area contributed by atoms with Gasteiger partial charge in [-0.2, -0.15) is 0 Å². The summed E-state index contributed by atoms with van der Waals surface area (Å²) in [5.41, 5.74) is 0.925. The molecular weight excluding hydrogens is 461 g/mol. The van der Waals surface area contributed by atoms with Crippen LogP contribution in [0.3, 0.4) is 0 Å². The first-order chi connectivity index (χ1) is 12.2. The Bertz CT molecular complexity index is 815. The summed E-state index contributed by atoms with van der Waals surface area (Å²) >= 11 is 1.72. The van der Waals surface area contributed by atoms with Gasteiger partial charge in [0.1, 0.15) is 5.82 Å². The standard InChI is InChI=1S/C17H21N7S.HI/c1-13-22-23-16(24(13)2)12-21-17(20-11-15-7-5-9-25-15)19-10-14-6-3-4-8-18-14;/h3-9H,10-12H2,1-2H3,(H2,19,20,21);1H. The fourth-order valence-corrected chi connectivity index (χ4v) is 2.82. The van der Waals surface area contributed by atoms with Gasteiger partial charge in [0, 0.05) is 18.1 Å². The molecule has 7 nitrogen and oxygen atoms in total. The van der Waals surface area contributed by atoms with Crippen LogP contribution in [0.1, 0.15) is 22.2 Å². The lowest BCUT2D eigenvalue weighted by molar-refractivity contribution is 0.714. The normalized spacial score (nSPS) is 11.1. The van der Waals surface area contributed by atoms with Gasteiger partial charge in [-0.3, -0.25) is 4.98 Å². The Morgan fingerprint density at radius 3 is 2.65 bits per heavy atom. The second-order valence-corrected chi connectivity index (χ2v) is 6.53. The lowest BCUT2D eigenvalue weighted by atomic mass is 10.3. The fraction of sp³-hybridized carbons (Fsp3) is 0.294. The largest absolute Gasteiger partial charge is 0.351 e. The molecule has 3 rings (SSSR count). The third kappa shape index (κ3) is 5.77. The molecule has 0 atom stereocenters. The van der Waals surface area contributed by atoms with E-state index in [1.165, 1.54) is 4.88 Å². The average Bonchev–Trinajstić information content (AvgIpc) is 3.27. The number of aromatic nitrogens is 4. The average molecular weight is 483 g/mol. The van der Waals surface area contributed by atoms with Gasteiger partial charge in [-0.05, 0) is 30.5 Å². The minimum absolute atomic E-state index is 0. The number of nitrogens with zero attached hydrogens (tertiary/aromatic N) is 5. The summed E-state index contributed by atoms with van der Waals surface area (Å²) in [7, 11) is 1.95. The minimum atomic E-state index is 0. The monoisotopic (exact) mass is 483 g/mol. The predicted molar refractivity (Wildman–Crippen MR) is 115 cm³/mol. The molecule has 0 bridgehead atoms. The number of rotatable bonds is 6. The Kier molecular flexibility index (Phi) is 7.98. The van der Waals surface area contributed by atoms with Crippen molar-refractivity contribution in [1.82, 2.24) is 30.4 Å². The summed E-state index contributed by atoms with van der Waals surface area (Å²) in [6.45, 7) is 3.72. The molecule has 0 fully saturated rings. The number of hydrogen-bond donors (Lipinski definition) is 2. The van der Waals surface area contributed by atoms with Gasteiger partial charge in [-0.15, -0.1) is 45.5 Å². The van der Waals surface area contributed by atoms with Gasteiger partial charge in [0.2, 0.25) is 0 Å². The first-order valence-electron chi connectivity index (χ1n) is 8.01. The molecule has 0 saturated carbocycles. The molecular formula is C17H22IN7S. The van der Waals surface area contributed by atoms with E-state index in [1.54, 1.807) is 17.5 Å². The van der Waals surface area contributed by atoms with Crippen molar-refractivity contribution in [3.8, 4) is 0 Å². The maximum atomic E-state index is 4.62. The summed E-state index contributed by atoms with van der Waals surface area (Å²) in [6.07, 6.45) is 1.78. The van der Waals surface area contributed by atoms with Gasteiger partial charge in [-0.25, -0.2) is 4.99 Å². The van der Waals surface area contributed by atoms with E-state index in [9.17, 15) is 0 Å². The molecule has 3 heterocycles. The van der Waals surface area contributed by atoms with Crippen LogP contribution in [0, 0.1) is 6.92 Å². The highest BCUT2D eigenvalue weighted by atomic mass is 127. The Labute approximate surface area is 174 Å². The number of hydrogen-bond acceptors (Lipinski definition) is 5. The smallest absolute Gasteiger partial charge is 0.192 e. The Morgan fingerprint density at radius 1 is 1.15 bits per heavy atom. The van der Waals surface area contributed by atoms with Gasteiger partial charge in [0.25, 0.3) is 0 Å². The molecule has 0 saturated heterocycles. The van der Waals surface area contributed by atoms with E-state index in [2.05, 4.69) is 42.3 Å². The van der Waals surface area contributed by atoms with Crippen LogP contribution in [0.2, 0.25) is 0 Å². The second kappa shape index (κ2) is 10.2. The zero-order valence-electron chi connectivity index (χ0n) is 14.7. The van der Waals surface area contributed by atoms with Crippen LogP contribution in [0.4, 0.5) is 0 Å². The highest BCUT2D eigenvalue weighted by Gasteiger charge is 2.06. The lowest BCUT2D eigenvalue weighted by Crippen LogP contribution is -2.37. The minimum Gasteiger partial charge on any atom is -0.351 e. The van der Waals surface area contributed by atoms with E-state index in [0.29, 0.717) is 13.1 Å². The van der Waals surface area contributed by atoms with Gasteiger partial charge in [0.05, 0.1) is 25.3 Å². The van der Waals surface area contributed by atoms with Crippen LogP contribution in [0.25, 0.3) is 0 Å². The summed E-state index contributed by atoms with van der Waals surface area (Å²) < 4.78 is 1.96. The highest BCUT2D eigenvalue weighted by molar-refractivity contribution is 14.0. The van der Waals surface area contributed by atoms with Crippen LogP contribution in [-0.4, -0.2) is 25.7 Å². The topological polar surface area (TPSA) is 80.0 Å². The van der Waals surface area contributed by atoms with Crippen LogP contribution in [0.15, 0.2) is 46.9 Å². The van der Waals surface area contributed by atoms with E-state index in [1.807, 2.05) is 42.8 Å². The zero-order valence-corrected chi connectivity index (χ0v) is 17.9. The van der Waals surface area contributed by atoms with Gasteiger partial charge < -0.3 is 15.2 Å². The number of aliphatic imine (C=N–C) groups is 1. The van der Waals surface area contributed by atoms with Crippen molar-refractivity contribution in [1.29, 1.82) is 0 Å². The third-order valence-electron chi connectivity index (χ3n) is 3.73. The Balaban J connectivity index is 0.00000243. The zero-order chi connectivity index (χ0) is 17.5. The van der Waals surface area contributed by atoms with Crippen molar-refractivity contribution in [3.05, 3.63) is 64.1 Å². The Morgan fingerprint density at radius 2 is 2.00 bits per heavy atom. The number of guanidine groups is 1. The fourth-order valence-electron chi connectivity index (χ4n) is 2.18. The molecule has 0 aromatic carbocycles. The Hall–Kier alpha value is -2.01. The first-order valence-corrected chi connectivity index (χ1v) is 8.89. The molecule has 3 aromatic heterocycles. The van der Waals surface area contributed by atoms with Crippen LogP contribution in [0.5, 0.6) is 0 Å². The van der Waals surface area contributed by atoms with E-state index < -0.39 is 0 Å². The molecule has 0 spiro atoms. The van der Waals surface area contributed by atoms with Crippen molar-refractivity contribution in [3.63, 3.8) is 0 Å². The molecule has 0 aliphatic carbocycles. The third-order valence-corrected chi connectivity index (χ3v) is 4.61. The van der Waals surface area contributed by atoms with Gasteiger partial charge in [0.15, 0.2) is 11.8 Å². The summed E-state index contributed by atoms with van der Waals surface area (Å²) in [4.78, 5) is 10.2.